The molecule has 216 valence electrons. The van der Waals surface area contributed by atoms with Gasteiger partial charge in [-0.2, -0.15) is 0 Å². The highest BCUT2D eigenvalue weighted by molar-refractivity contribution is 6.42. The van der Waals surface area contributed by atoms with Crippen molar-refractivity contribution >= 4 is 52.5 Å². The van der Waals surface area contributed by atoms with Gasteiger partial charge < -0.3 is 14.5 Å². The smallest absolute Gasteiger partial charge is 0.414 e. The van der Waals surface area contributed by atoms with Crippen molar-refractivity contribution in [1.29, 1.82) is 0 Å². The van der Waals surface area contributed by atoms with Crippen molar-refractivity contribution in [3.63, 3.8) is 0 Å². The Kier molecular flexibility index (Phi) is 8.81. The summed E-state index contributed by atoms with van der Waals surface area (Å²) in [7, 11) is 3.41. The number of carbonyl (C=O) groups is 2. The van der Waals surface area contributed by atoms with Gasteiger partial charge in [0, 0.05) is 57.2 Å². The van der Waals surface area contributed by atoms with Gasteiger partial charge in [0.05, 0.1) is 21.7 Å². The fourth-order valence-corrected chi connectivity index (χ4v) is 6.31. The number of hydrogen-bond donors (Lipinski definition) is 0. The van der Waals surface area contributed by atoms with E-state index < -0.39 is 17.6 Å². The molecule has 1 spiro atoms. The van der Waals surface area contributed by atoms with Gasteiger partial charge in [-0.3, -0.25) is 9.69 Å². The highest BCUT2D eigenvalue weighted by Crippen LogP contribution is 2.45. The normalized spacial score (nSPS) is 17.2. The van der Waals surface area contributed by atoms with Crippen LogP contribution in [0.25, 0.3) is 0 Å². The summed E-state index contributed by atoms with van der Waals surface area (Å²) >= 11 is 18.7. The monoisotopic (exact) mass is 617 g/mol. The molecule has 0 radical (unpaired) electrons. The van der Waals surface area contributed by atoms with Crippen LogP contribution in [0.5, 0.6) is 0 Å². The zero-order valence-electron chi connectivity index (χ0n) is 22.9. The number of likely N-dealkylation sites (tertiary alicyclic amines) is 1. The fourth-order valence-electron chi connectivity index (χ4n) is 5.79. The van der Waals surface area contributed by atoms with Crippen LogP contribution in [-0.2, 0) is 21.7 Å². The van der Waals surface area contributed by atoms with Crippen LogP contribution in [0.4, 0.5) is 14.9 Å². The molecule has 1 atom stereocenters. The summed E-state index contributed by atoms with van der Waals surface area (Å²) in [5, 5.41) is 1.45. The second kappa shape index (κ2) is 12.2. The third-order valence-electron chi connectivity index (χ3n) is 8.09. The largest absolute Gasteiger partial charge is 0.437 e. The number of amides is 2. The van der Waals surface area contributed by atoms with E-state index in [4.69, 9.17) is 39.5 Å². The van der Waals surface area contributed by atoms with Gasteiger partial charge in [0.1, 0.15) is 11.4 Å². The SMILES string of the molecule is CN(Cc1cccc(Cl)c1)C(=O)[C@@H](CCN1CCC2(CC1)OC(=O)N(C)c1ccc(F)cc12)c1ccc(Cl)c(Cl)c1. The van der Waals surface area contributed by atoms with Crippen molar-refractivity contribution in [2.24, 2.45) is 0 Å². The molecule has 3 aromatic carbocycles. The summed E-state index contributed by atoms with van der Waals surface area (Å²) in [6.07, 6.45) is 1.18. The average Bonchev–Trinajstić information content (AvgIpc) is 2.94. The molecule has 5 rings (SSSR count). The van der Waals surface area contributed by atoms with E-state index in [2.05, 4.69) is 4.90 Å². The van der Waals surface area contributed by atoms with E-state index in [1.165, 1.54) is 17.0 Å². The van der Waals surface area contributed by atoms with Gasteiger partial charge in [-0.25, -0.2) is 9.18 Å². The molecule has 0 aliphatic carbocycles. The highest BCUT2D eigenvalue weighted by Gasteiger charge is 2.46. The van der Waals surface area contributed by atoms with E-state index in [-0.39, 0.29) is 11.7 Å². The van der Waals surface area contributed by atoms with Crippen molar-refractivity contribution in [2.45, 2.75) is 37.3 Å². The first-order valence-electron chi connectivity index (χ1n) is 13.5. The maximum absolute atomic E-state index is 14.2. The number of halogens is 4. The van der Waals surface area contributed by atoms with Crippen LogP contribution in [0.2, 0.25) is 15.1 Å². The Morgan fingerprint density at radius 1 is 1.05 bits per heavy atom. The second-order valence-corrected chi connectivity index (χ2v) is 12.0. The topological polar surface area (TPSA) is 53.1 Å². The first-order valence-corrected chi connectivity index (χ1v) is 14.6. The minimum Gasteiger partial charge on any atom is -0.437 e. The molecular formula is C31H31Cl3FN3O3. The van der Waals surface area contributed by atoms with Gasteiger partial charge in [0.25, 0.3) is 0 Å². The molecule has 2 aliphatic rings. The zero-order valence-corrected chi connectivity index (χ0v) is 25.1. The first-order chi connectivity index (χ1) is 19.6. The molecule has 6 nitrogen and oxygen atoms in total. The van der Waals surface area contributed by atoms with E-state index in [1.54, 1.807) is 43.3 Å². The summed E-state index contributed by atoms with van der Waals surface area (Å²) in [5.41, 5.74) is 2.24. The van der Waals surface area contributed by atoms with Crippen LogP contribution in [0.1, 0.15) is 41.9 Å². The van der Waals surface area contributed by atoms with Crippen molar-refractivity contribution in [3.8, 4) is 0 Å². The molecular weight excluding hydrogens is 588 g/mol. The number of likely N-dealkylation sites (N-methyl/N-ethyl adjacent to an activating group) is 1. The van der Waals surface area contributed by atoms with Gasteiger partial charge >= 0.3 is 6.09 Å². The maximum Gasteiger partial charge on any atom is 0.414 e. The number of hydrogen-bond acceptors (Lipinski definition) is 4. The molecule has 10 heteroatoms. The molecule has 0 bridgehead atoms. The predicted molar refractivity (Wildman–Crippen MR) is 160 cm³/mol. The molecule has 0 aromatic heterocycles. The van der Waals surface area contributed by atoms with Crippen LogP contribution in [-0.4, -0.2) is 55.5 Å². The Hall–Kier alpha value is -2.84. The van der Waals surface area contributed by atoms with Crippen LogP contribution >= 0.6 is 34.8 Å². The minimum absolute atomic E-state index is 0.0366. The summed E-state index contributed by atoms with van der Waals surface area (Å²) in [6, 6.07) is 17.2. The predicted octanol–water partition coefficient (Wildman–Crippen LogP) is 7.50. The minimum atomic E-state index is -0.867. The Morgan fingerprint density at radius 3 is 2.51 bits per heavy atom. The number of carbonyl (C=O) groups excluding carboxylic acids is 2. The van der Waals surface area contributed by atoms with E-state index in [9.17, 15) is 14.0 Å². The summed E-state index contributed by atoms with van der Waals surface area (Å²) in [6.45, 7) is 2.32. The Bertz CT molecular complexity index is 1460. The van der Waals surface area contributed by atoms with Gasteiger partial charge in [-0.05, 0) is 66.6 Å². The van der Waals surface area contributed by atoms with Crippen molar-refractivity contribution in [1.82, 2.24) is 9.80 Å². The number of anilines is 1. The van der Waals surface area contributed by atoms with E-state index in [0.29, 0.717) is 71.8 Å². The molecule has 41 heavy (non-hydrogen) atoms. The standard InChI is InChI=1S/C31H31Cl3FN3O3/c1-36(19-20-4-3-5-22(32)16-20)29(39)24(21-6-8-26(33)27(34)17-21)10-13-38-14-11-31(12-15-38)25-18-23(35)7-9-28(25)37(2)30(40)41-31/h3-9,16-18,24H,10-15,19H2,1-2H3/t24-/m0/s1. The van der Waals surface area contributed by atoms with Gasteiger partial charge in [-0.15, -0.1) is 0 Å². The van der Waals surface area contributed by atoms with Gasteiger partial charge in [0.2, 0.25) is 5.91 Å². The Morgan fingerprint density at radius 2 is 1.80 bits per heavy atom. The van der Waals surface area contributed by atoms with Crippen molar-refractivity contribution in [2.75, 3.05) is 38.6 Å². The Balaban J connectivity index is 1.30. The lowest BCUT2D eigenvalue weighted by Gasteiger charge is -2.46. The van der Waals surface area contributed by atoms with Crippen molar-refractivity contribution < 1.29 is 18.7 Å². The fraction of sp³-hybridized carbons (Fsp3) is 0.355. The Labute approximate surface area is 254 Å². The lowest BCUT2D eigenvalue weighted by atomic mass is 9.81. The number of ether oxygens (including phenoxy) is 1. The molecule has 1 fully saturated rings. The third-order valence-corrected chi connectivity index (χ3v) is 9.07. The summed E-state index contributed by atoms with van der Waals surface area (Å²) < 4.78 is 20.1. The number of benzene rings is 3. The van der Waals surface area contributed by atoms with E-state index in [1.807, 2.05) is 24.3 Å². The second-order valence-electron chi connectivity index (χ2n) is 10.8. The molecule has 0 N–H and O–H groups in total. The third kappa shape index (κ3) is 6.33. The zero-order chi connectivity index (χ0) is 29.3. The first kappa shape index (κ1) is 29.6. The number of nitrogens with zero attached hydrogens (tertiary/aromatic N) is 3. The van der Waals surface area contributed by atoms with Gasteiger partial charge in [0.15, 0.2) is 0 Å². The molecule has 2 heterocycles. The quantitative estimate of drug-likeness (QED) is 0.275. The van der Waals surface area contributed by atoms with Crippen LogP contribution < -0.4 is 4.90 Å². The molecule has 1 saturated heterocycles. The molecule has 2 amide bonds. The summed E-state index contributed by atoms with van der Waals surface area (Å²) in [4.78, 5) is 31.8. The highest BCUT2D eigenvalue weighted by atomic mass is 35.5. The average molecular weight is 619 g/mol. The molecule has 2 aliphatic heterocycles. The molecule has 0 unspecified atom stereocenters. The maximum atomic E-state index is 14.2. The lowest BCUT2D eigenvalue weighted by Crippen LogP contribution is -2.51. The van der Waals surface area contributed by atoms with E-state index in [0.717, 1.165) is 11.1 Å². The van der Waals surface area contributed by atoms with Crippen molar-refractivity contribution in [3.05, 3.63) is 98.2 Å². The van der Waals surface area contributed by atoms with Gasteiger partial charge in [-0.1, -0.05) is 53.0 Å². The number of fused-ring (bicyclic) bond motifs is 2. The lowest BCUT2D eigenvalue weighted by molar-refractivity contribution is -0.132. The molecule has 3 aromatic rings. The van der Waals surface area contributed by atoms with Crippen LogP contribution in [0.3, 0.4) is 0 Å². The number of piperidine rings is 1. The summed E-state index contributed by atoms with van der Waals surface area (Å²) in [5.74, 6) is -0.840. The molecule has 0 saturated carbocycles. The number of rotatable bonds is 7. The van der Waals surface area contributed by atoms with Crippen LogP contribution in [0, 0.1) is 5.82 Å². The van der Waals surface area contributed by atoms with Crippen LogP contribution in [0.15, 0.2) is 60.7 Å². The van der Waals surface area contributed by atoms with E-state index >= 15 is 0 Å².